The van der Waals surface area contributed by atoms with E-state index in [1.807, 2.05) is 12.1 Å². The molecule has 66 valence electrons. The normalized spacial score (nSPS) is 14.8. The third-order valence-corrected chi connectivity index (χ3v) is 2.63. The van der Waals surface area contributed by atoms with E-state index in [9.17, 15) is 0 Å². The Morgan fingerprint density at radius 3 is 2.77 bits per heavy atom. The van der Waals surface area contributed by atoms with E-state index in [1.165, 1.54) is 16.7 Å². The molecule has 0 N–H and O–H groups in total. The number of hydrogen-bond donors (Lipinski definition) is 0. The van der Waals surface area contributed by atoms with Gasteiger partial charge in [0, 0.05) is 5.02 Å². The lowest BCUT2D eigenvalue weighted by molar-refractivity contribution is 1.36. The predicted octanol–water partition coefficient (Wildman–Crippen LogP) is 3.99. The molecule has 0 amide bonds. The van der Waals surface area contributed by atoms with Crippen LogP contribution in [0.1, 0.15) is 17.5 Å². The van der Waals surface area contributed by atoms with Gasteiger partial charge < -0.3 is 0 Å². The molecule has 0 unspecified atom stereocenters. The summed E-state index contributed by atoms with van der Waals surface area (Å²) < 4.78 is 0. The summed E-state index contributed by atoms with van der Waals surface area (Å²) in [6, 6.07) is 6.04. The fourth-order valence-electron chi connectivity index (χ4n) is 1.67. The molecule has 0 fully saturated rings. The van der Waals surface area contributed by atoms with E-state index in [-0.39, 0.29) is 0 Å². The highest BCUT2D eigenvalue weighted by atomic mass is 35.5. The smallest absolute Gasteiger partial charge is 0.0483 e. The molecule has 0 radical (unpaired) electrons. The molecule has 0 aromatic heterocycles. The van der Waals surface area contributed by atoms with Crippen LogP contribution in [0.4, 0.5) is 0 Å². The van der Waals surface area contributed by atoms with Crippen molar-refractivity contribution in [3.05, 3.63) is 52.6 Å². The first-order valence-corrected chi connectivity index (χ1v) is 4.78. The average molecular weight is 191 g/mol. The maximum absolute atomic E-state index is 6.14. The Balaban J connectivity index is 2.50. The van der Waals surface area contributed by atoms with E-state index in [0.717, 1.165) is 11.4 Å². The lowest BCUT2D eigenvalue weighted by atomic mass is 10.00. The number of benzene rings is 1. The number of hydrogen-bond acceptors (Lipinski definition) is 0. The zero-order valence-corrected chi connectivity index (χ0v) is 8.31. The van der Waals surface area contributed by atoms with Crippen LogP contribution in [0.3, 0.4) is 0 Å². The zero-order valence-electron chi connectivity index (χ0n) is 7.55. The number of halogens is 1. The highest BCUT2D eigenvalue weighted by Gasteiger charge is 2.09. The summed E-state index contributed by atoms with van der Waals surface area (Å²) >= 11 is 6.14. The van der Waals surface area contributed by atoms with Gasteiger partial charge in [0.15, 0.2) is 0 Å². The van der Waals surface area contributed by atoms with Crippen molar-refractivity contribution in [1.29, 1.82) is 0 Å². The Morgan fingerprint density at radius 2 is 2.15 bits per heavy atom. The Kier molecular flexibility index (Phi) is 2.24. The largest absolute Gasteiger partial charge is 0.0837 e. The van der Waals surface area contributed by atoms with Gasteiger partial charge in [0.1, 0.15) is 0 Å². The Hall–Kier alpha value is -1.01. The minimum atomic E-state index is 0.856. The second-order valence-electron chi connectivity index (χ2n) is 3.26. The fraction of sp³-hybridized carbons (Fsp3) is 0.167. The summed E-state index contributed by atoms with van der Waals surface area (Å²) in [5.41, 5.74) is 3.78. The van der Waals surface area contributed by atoms with Gasteiger partial charge >= 0.3 is 0 Å². The molecule has 0 spiro atoms. The third-order valence-electron chi connectivity index (χ3n) is 2.31. The first-order chi connectivity index (χ1) is 6.29. The van der Waals surface area contributed by atoms with E-state index >= 15 is 0 Å². The molecule has 1 aliphatic carbocycles. The molecule has 1 aromatic carbocycles. The Morgan fingerprint density at radius 1 is 1.31 bits per heavy atom. The van der Waals surface area contributed by atoms with Crippen molar-refractivity contribution in [2.75, 3.05) is 0 Å². The lowest BCUT2D eigenvalue weighted by Crippen LogP contribution is -1.87. The van der Waals surface area contributed by atoms with Crippen molar-refractivity contribution in [2.45, 2.75) is 13.3 Å². The molecule has 1 heteroatoms. The number of allylic oxidation sites excluding steroid dienone is 4. The van der Waals surface area contributed by atoms with Gasteiger partial charge in [0.2, 0.25) is 0 Å². The molecule has 1 aromatic rings. The zero-order chi connectivity index (χ0) is 9.26. The second-order valence-corrected chi connectivity index (χ2v) is 3.66. The average Bonchev–Trinajstić information content (AvgIpc) is 2.57. The van der Waals surface area contributed by atoms with E-state index < -0.39 is 0 Å². The maximum Gasteiger partial charge on any atom is 0.0483 e. The summed E-state index contributed by atoms with van der Waals surface area (Å²) in [6.07, 6.45) is 7.37. The lowest BCUT2D eigenvalue weighted by Gasteiger charge is -2.08. The second kappa shape index (κ2) is 3.39. The van der Waals surface area contributed by atoms with Gasteiger partial charge in [-0.1, -0.05) is 42.0 Å². The van der Waals surface area contributed by atoms with Crippen LogP contribution in [0.5, 0.6) is 0 Å². The van der Waals surface area contributed by atoms with Gasteiger partial charge in [-0.2, -0.15) is 0 Å². The molecule has 0 bridgehead atoms. The topological polar surface area (TPSA) is 0 Å². The first kappa shape index (κ1) is 8.58. The molecule has 0 saturated heterocycles. The molecular weight excluding hydrogens is 180 g/mol. The molecule has 2 rings (SSSR count). The molecule has 0 heterocycles. The van der Waals surface area contributed by atoms with Crippen LogP contribution in [0, 0.1) is 6.92 Å². The standard InChI is InChI=1S/C12H11Cl/c1-9-5-4-8-11(13)12(9)10-6-2-3-7-10/h2-6,8H,7H2,1H3. The van der Waals surface area contributed by atoms with Crippen molar-refractivity contribution in [3.63, 3.8) is 0 Å². The molecule has 1 aliphatic rings. The van der Waals surface area contributed by atoms with E-state index in [0.29, 0.717) is 0 Å². The minimum absolute atomic E-state index is 0.856. The fourth-order valence-corrected chi connectivity index (χ4v) is 2.01. The summed E-state index contributed by atoms with van der Waals surface area (Å²) in [5.74, 6) is 0. The van der Waals surface area contributed by atoms with Gasteiger partial charge in [-0.15, -0.1) is 0 Å². The monoisotopic (exact) mass is 190 g/mol. The Labute approximate surface area is 83.5 Å². The van der Waals surface area contributed by atoms with Gasteiger partial charge in [0.25, 0.3) is 0 Å². The first-order valence-electron chi connectivity index (χ1n) is 4.40. The summed E-state index contributed by atoms with van der Waals surface area (Å²) in [5, 5.41) is 0.856. The van der Waals surface area contributed by atoms with E-state index in [1.54, 1.807) is 0 Å². The van der Waals surface area contributed by atoms with Crippen LogP contribution in [0.25, 0.3) is 5.57 Å². The molecule has 13 heavy (non-hydrogen) atoms. The molecule has 0 nitrogen and oxygen atoms in total. The van der Waals surface area contributed by atoms with E-state index in [4.69, 9.17) is 11.6 Å². The van der Waals surface area contributed by atoms with Gasteiger partial charge in [-0.3, -0.25) is 0 Å². The van der Waals surface area contributed by atoms with Crippen LogP contribution in [0.15, 0.2) is 36.4 Å². The SMILES string of the molecule is Cc1cccc(Cl)c1C1=CC=CC1. The van der Waals surface area contributed by atoms with Gasteiger partial charge in [-0.05, 0) is 36.1 Å². The predicted molar refractivity (Wildman–Crippen MR) is 57.9 cm³/mol. The Bertz CT molecular complexity index is 366. The highest BCUT2D eigenvalue weighted by molar-refractivity contribution is 6.32. The minimum Gasteiger partial charge on any atom is -0.0837 e. The van der Waals surface area contributed by atoms with Crippen LogP contribution in [-0.4, -0.2) is 0 Å². The van der Waals surface area contributed by atoms with Crippen molar-refractivity contribution in [3.8, 4) is 0 Å². The summed E-state index contributed by atoms with van der Waals surface area (Å²) in [4.78, 5) is 0. The van der Waals surface area contributed by atoms with Crippen LogP contribution in [-0.2, 0) is 0 Å². The molecule has 0 atom stereocenters. The highest BCUT2D eigenvalue weighted by Crippen LogP contribution is 2.31. The third kappa shape index (κ3) is 1.54. The van der Waals surface area contributed by atoms with Gasteiger partial charge in [0.05, 0.1) is 0 Å². The van der Waals surface area contributed by atoms with Crippen molar-refractivity contribution in [1.82, 2.24) is 0 Å². The van der Waals surface area contributed by atoms with Crippen LogP contribution < -0.4 is 0 Å². The van der Waals surface area contributed by atoms with Gasteiger partial charge in [-0.25, -0.2) is 0 Å². The van der Waals surface area contributed by atoms with Crippen molar-refractivity contribution >= 4 is 17.2 Å². The quantitative estimate of drug-likeness (QED) is 0.628. The van der Waals surface area contributed by atoms with Crippen molar-refractivity contribution < 1.29 is 0 Å². The number of rotatable bonds is 1. The van der Waals surface area contributed by atoms with E-state index in [2.05, 4.69) is 31.2 Å². The number of aryl methyl sites for hydroxylation is 1. The summed E-state index contributed by atoms with van der Waals surface area (Å²) in [6.45, 7) is 2.10. The van der Waals surface area contributed by atoms with Crippen LogP contribution >= 0.6 is 11.6 Å². The molecule has 0 aliphatic heterocycles. The maximum atomic E-state index is 6.14. The molecular formula is C12H11Cl. The summed E-state index contributed by atoms with van der Waals surface area (Å²) in [7, 11) is 0. The molecule has 0 saturated carbocycles. The van der Waals surface area contributed by atoms with Crippen molar-refractivity contribution in [2.24, 2.45) is 0 Å². The van der Waals surface area contributed by atoms with Crippen LogP contribution in [0.2, 0.25) is 5.02 Å².